The van der Waals surface area contributed by atoms with Crippen LogP contribution in [0.25, 0.3) is 16.7 Å². The molecule has 0 radical (unpaired) electrons. The number of fused-ring (bicyclic) bond motifs is 1. The van der Waals surface area contributed by atoms with E-state index in [1.54, 1.807) is 15.2 Å². The molecule has 1 spiro atoms. The van der Waals surface area contributed by atoms with Crippen molar-refractivity contribution in [1.29, 1.82) is 0 Å². The fourth-order valence-electron chi connectivity index (χ4n) is 7.44. The van der Waals surface area contributed by atoms with Crippen molar-refractivity contribution in [3.05, 3.63) is 142 Å². The van der Waals surface area contributed by atoms with E-state index < -0.39 is 0 Å². The van der Waals surface area contributed by atoms with Crippen LogP contribution in [-0.4, -0.2) is 38.8 Å². The lowest BCUT2D eigenvalue weighted by atomic mass is 9.73. The first kappa shape index (κ1) is 33.0. The smallest absolute Gasteiger partial charge is 0.333 e. The molecule has 5 heterocycles. The standard InChI is InChI=1S/C41H40ClN5O4/c1-45-38-32(46-23-21-41(22-24-46)20-19-35(51-28-41)31-15-17-36(42)43-25-31)13-8-14-33(38)47(40(45)48)34-16-18-37(49-26-29-9-4-2-5-10-29)44-39(34)50-27-30-11-6-3-7-12-30/h2-18,25,35H,19-24,26-28H2,1H3. The van der Waals surface area contributed by atoms with Gasteiger partial charge in [-0.3, -0.25) is 9.13 Å². The normalized spacial score (nSPS) is 17.1. The molecule has 51 heavy (non-hydrogen) atoms. The van der Waals surface area contributed by atoms with Crippen molar-refractivity contribution < 1.29 is 14.2 Å². The highest BCUT2D eigenvalue weighted by Gasteiger charge is 2.40. The molecule has 9 nitrogen and oxygen atoms in total. The van der Waals surface area contributed by atoms with Crippen LogP contribution in [0.3, 0.4) is 0 Å². The van der Waals surface area contributed by atoms with Gasteiger partial charge in [-0.1, -0.05) is 84.4 Å². The van der Waals surface area contributed by atoms with Gasteiger partial charge in [0.2, 0.25) is 11.8 Å². The molecule has 0 aliphatic carbocycles. The molecule has 8 rings (SSSR count). The van der Waals surface area contributed by atoms with Crippen molar-refractivity contribution in [2.45, 2.75) is 45.0 Å². The highest BCUT2D eigenvalue weighted by Crippen LogP contribution is 2.45. The Bertz CT molecular complexity index is 2170. The van der Waals surface area contributed by atoms with Crippen molar-refractivity contribution in [3.8, 4) is 17.4 Å². The minimum absolute atomic E-state index is 0.0574. The number of anilines is 1. The number of para-hydroxylation sites is 1. The third-order valence-electron chi connectivity index (χ3n) is 10.4. The van der Waals surface area contributed by atoms with Crippen LogP contribution in [-0.2, 0) is 25.0 Å². The number of aromatic nitrogens is 4. The average molecular weight is 702 g/mol. The molecule has 2 aliphatic heterocycles. The number of imidazole rings is 1. The Labute approximate surface area is 302 Å². The number of aryl methyl sites for hydroxylation is 1. The minimum Gasteiger partial charge on any atom is -0.473 e. The van der Waals surface area contributed by atoms with Gasteiger partial charge < -0.3 is 19.1 Å². The van der Waals surface area contributed by atoms with Crippen molar-refractivity contribution in [3.63, 3.8) is 0 Å². The highest BCUT2D eigenvalue weighted by atomic mass is 35.5. The summed E-state index contributed by atoms with van der Waals surface area (Å²) in [5.74, 6) is 0.749. The van der Waals surface area contributed by atoms with Crippen LogP contribution < -0.4 is 20.1 Å². The van der Waals surface area contributed by atoms with Crippen LogP contribution in [0.2, 0.25) is 5.15 Å². The van der Waals surface area contributed by atoms with Gasteiger partial charge in [0.1, 0.15) is 24.1 Å². The van der Waals surface area contributed by atoms with Gasteiger partial charge in [-0.25, -0.2) is 9.78 Å². The largest absolute Gasteiger partial charge is 0.473 e. The second-order valence-corrected chi connectivity index (χ2v) is 14.0. The summed E-state index contributed by atoms with van der Waals surface area (Å²) in [6, 6.07) is 33.5. The Balaban J connectivity index is 1.05. The van der Waals surface area contributed by atoms with Gasteiger partial charge in [-0.05, 0) is 72.1 Å². The first-order valence-corrected chi connectivity index (χ1v) is 17.9. The third kappa shape index (κ3) is 6.83. The number of halogens is 1. The van der Waals surface area contributed by atoms with E-state index in [-0.39, 0.29) is 17.2 Å². The second-order valence-electron chi connectivity index (χ2n) is 13.6. The number of hydrogen-bond donors (Lipinski definition) is 0. The molecule has 3 aromatic heterocycles. The van der Waals surface area contributed by atoms with E-state index in [1.807, 2.05) is 104 Å². The van der Waals surface area contributed by atoms with Crippen molar-refractivity contribution in [2.75, 3.05) is 24.6 Å². The maximum Gasteiger partial charge on any atom is 0.333 e. The fraction of sp³-hybridized carbons (Fsp3) is 0.293. The number of benzene rings is 3. The van der Waals surface area contributed by atoms with Gasteiger partial charge in [0.15, 0.2) is 0 Å². The van der Waals surface area contributed by atoms with Crippen molar-refractivity contribution in [1.82, 2.24) is 19.1 Å². The summed E-state index contributed by atoms with van der Waals surface area (Å²) >= 11 is 6.00. The van der Waals surface area contributed by atoms with Gasteiger partial charge in [0.25, 0.3) is 0 Å². The summed E-state index contributed by atoms with van der Waals surface area (Å²) < 4.78 is 22.3. The zero-order valence-corrected chi connectivity index (χ0v) is 29.3. The van der Waals surface area contributed by atoms with Gasteiger partial charge >= 0.3 is 5.69 Å². The Morgan fingerprint density at radius 2 is 1.55 bits per heavy atom. The molecular formula is C41H40ClN5O4. The predicted octanol–water partition coefficient (Wildman–Crippen LogP) is 8.07. The average Bonchev–Trinajstić information content (AvgIpc) is 3.44. The number of rotatable bonds is 9. The lowest BCUT2D eigenvalue weighted by Crippen LogP contribution is -2.44. The minimum atomic E-state index is -0.168. The molecule has 2 aliphatic rings. The Morgan fingerprint density at radius 3 is 2.22 bits per heavy atom. The summed E-state index contributed by atoms with van der Waals surface area (Å²) in [4.78, 5) is 25.6. The molecule has 3 aromatic carbocycles. The van der Waals surface area contributed by atoms with E-state index in [9.17, 15) is 4.79 Å². The Kier molecular flexibility index (Phi) is 9.23. The van der Waals surface area contributed by atoms with Crippen LogP contribution in [0.4, 0.5) is 5.69 Å². The highest BCUT2D eigenvalue weighted by molar-refractivity contribution is 6.29. The first-order valence-electron chi connectivity index (χ1n) is 17.5. The van der Waals surface area contributed by atoms with Gasteiger partial charge in [-0.2, -0.15) is 4.98 Å². The van der Waals surface area contributed by atoms with Crippen LogP contribution in [0, 0.1) is 5.41 Å². The Morgan fingerprint density at radius 1 is 0.824 bits per heavy atom. The molecule has 260 valence electrons. The van der Waals surface area contributed by atoms with Crippen LogP contribution in [0.1, 0.15) is 48.5 Å². The van der Waals surface area contributed by atoms with Crippen LogP contribution in [0.5, 0.6) is 11.8 Å². The lowest BCUT2D eigenvalue weighted by molar-refractivity contribution is -0.0740. The van der Waals surface area contributed by atoms with E-state index >= 15 is 0 Å². The summed E-state index contributed by atoms with van der Waals surface area (Å²) in [7, 11) is 1.84. The zero-order chi connectivity index (χ0) is 34.8. The molecule has 2 fully saturated rings. The van der Waals surface area contributed by atoms with E-state index in [0.29, 0.717) is 35.8 Å². The van der Waals surface area contributed by atoms with Gasteiger partial charge in [0, 0.05) is 32.4 Å². The summed E-state index contributed by atoms with van der Waals surface area (Å²) in [6.07, 6.45) is 6.01. The SMILES string of the molecule is Cn1c(=O)n(-c2ccc(OCc3ccccc3)nc2OCc2ccccc2)c2cccc(N3CCC4(CCC(c5ccc(Cl)nc5)OC4)CC3)c21. The molecule has 6 aromatic rings. The van der Waals surface area contributed by atoms with E-state index in [2.05, 4.69) is 16.0 Å². The number of hydrogen-bond acceptors (Lipinski definition) is 7. The molecule has 2 saturated heterocycles. The summed E-state index contributed by atoms with van der Waals surface area (Å²) in [5, 5.41) is 0.497. The van der Waals surface area contributed by atoms with Crippen molar-refractivity contribution in [2.24, 2.45) is 12.5 Å². The molecule has 10 heteroatoms. The molecular weight excluding hydrogens is 662 g/mol. The molecule has 0 saturated carbocycles. The number of piperidine rings is 1. The predicted molar refractivity (Wildman–Crippen MR) is 199 cm³/mol. The maximum atomic E-state index is 14.1. The maximum absolute atomic E-state index is 14.1. The molecule has 1 atom stereocenters. The number of nitrogens with zero attached hydrogens (tertiary/aromatic N) is 5. The number of ether oxygens (including phenoxy) is 3. The molecule has 1 unspecified atom stereocenters. The first-order chi connectivity index (χ1) is 25.0. The van der Waals surface area contributed by atoms with E-state index in [0.717, 1.165) is 78.8 Å². The Hall–Kier alpha value is -5.12. The lowest BCUT2D eigenvalue weighted by Gasteiger charge is -2.46. The third-order valence-corrected chi connectivity index (χ3v) is 10.6. The summed E-state index contributed by atoms with van der Waals surface area (Å²) in [6.45, 7) is 3.17. The second kappa shape index (κ2) is 14.2. The van der Waals surface area contributed by atoms with Crippen LogP contribution >= 0.6 is 11.6 Å². The topological polar surface area (TPSA) is 83.6 Å². The number of pyridine rings is 2. The molecule has 0 bridgehead atoms. The fourth-order valence-corrected chi connectivity index (χ4v) is 7.55. The quantitative estimate of drug-likeness (QED) is 0.141. The molecule has 0 amide bonds. The van der Waals surface area contributed by atoms with E-state index in [1.165, 1.54) is 0 Å². The van der Waals surface area contributed by atoms with Gasteiger partial charge in [0.05, 0.1) is 29.4 Å². The molecule has 0 N–H and O–H groups in total. The van der Waals surface area contributed by atoms with E-state index in [4.69, 9.17) is 30.8 Å². The summed E-state index contributed by atoms with van der Waals surface area (Å²) in [5.41, 5.74) is 6.39. The van der Waals surface area contributed by atoms with Gasteiger partial charge in [-0.15, -0.1) is 0 Å². The van der Waals surface area contributed by atoms with Crippen LogP contribution in [0.15, 0.2) is 114 Å². The zero-order valence-electron chi connectivity index (χ0n) is 28.6. The van der Waals surface area contributed by atoms with Crippen molar-refractivity contribution >= 4 is 28.3 Å². The monoisotopic (exact) mass is 701 g/mol.